The molecule has 0 aliphatic heterocycles. The highest BCUT2D eigenvalue weighted by Crippen LogP contribution is 2.28. The minimum atomic E-state index is -0.210. The van der Waals surface area contributed by atoms with Gasteiger partial charge in [-0.3, -0.25) is 9.59 Å². The van der Waals surface area contributed by atoms with E-state index < -0.39 is 0 Å². The summed E-state index contributed by atoms with van der Waals surface area (Å²) in [6.45, 7) is 5.72. The molecule has 0 spiro atoms. The molecule has 0 radical (unpaired) electrons. The number of nitrogens with one attached hydrogen (secondary N) is 3. The molecule has 6 nitrogen and oxygen atoms in total. The van der Waals surface area contributed by atoms with Gasteiger partial charge < -0.3 is 20.7 Å². The molecule has 0 unspecified atom stereocenters. The highest BCUT2D eigenvalue weighted by molar-refractivity contribution is 6.30. The van der Waals surface area contributed by atoms with Crippen LogP contribution in [0.3, 0.4) is 0 Å². The molecule has 2 aromatic carbocycles. The lowest BCUT2D eigenvalue weighted by molar-refractivity contribution is -0.116. The fourth-order valence-electron chi connectivity index (χ4n) is 2.89. The summed E-state index contributed by atoms with van der Waals surface area (Å²) >= 11 is 5.96. The summed E-state index contributed by atoms with van der Waals surface area (Å²) in [4.78, 5) is 23.7. The Bertz CT molecular complexity index is 822. The minimum Gasteiger partial charge on any atom is -0.495 e. The number of amides is 2. The van der Waals surface area contributed by atoms with Crippen LogP contribution >= 0.6 is 11.6 Å². The third-order valence-corrected chi connectivity index (χ3v) is 4.42. The first-order chi connectivity index (χ1) is 13.3. The molecule has 150 valence electrons. The molecule has 3 N–H and O–H groups in total. The predicted molar refractivity (Wildman–Crippen MR) is 113 cm³/mol. The lowest BCUT2D eigenvalue weighted by atomic mass is 9.96. The van der Waals surface area contributed by atoms with E-state index >= 15 is 0 Å². The van der Waals surface area contributed by atoms with E-state index in [1.807, 2.05) is 24.3 Å². The van der Waals surface area contributed by atoms with Gasteiger partial charge in [0, 0.05) is 23.7 Å². The number of benzene rings is 2. The largest absolute Gasteiger partial charge is 0.495 e. The van der Waals surface area contributed by atoms with Gasteiger partial charge in [-0.2, -0.15) is 0 Å². The summed E-state index contributed by atoms with van der Waals surface area (Å²) in [5.74, 6) is 0.400. The lowest BCUT2D eigenvalue weighted by Gasteiger charge is -2.23. The van der Waals surface area contributed by atoms with Crippen molar-refractivity contribution in [2.75, 3.05) is 24.3 Å². The van der Waals surface area contributed by atoms with E-state index in [4.69, 9.17) is 16.3 Å². The number of carbonyl (C=O) groups excluding carboxylic acids is 2. The molecule has 0 saturated heterocycles. The molecule has 2 amide bonds. The summed E-state index contributed by atoms with van der Waals surface area (Å²) in [5, 5.41) is 9.49. The van der Waals surface area contributed by atoms with Gasteiger partial charge in [-0.05, 0) is 41.8 Å². The van der Waals surface area contributed by atoms with Crippen molar-refractivity contribution in [1.29, 1.82) is 0 Å². The van der Waals surface area contributed by atoms with Crippen LogP contribution in [0.15, 0.2) is 42.5 Å². The Balaban J connectivity index is 2.06. The zero-order valence-corrected chi connectivity index (χ0v) is 17.3. The number of hydrogen-bond acceptors (Lipinski definition) is 4. The van der Waals surface area contributed by atoms with Crippen LogP contribution in [0.5, 0.6) is 5.75 Å². The van der Waals surface area contributed by atoms with E-state index in [2.05, 4.69) is 29.8 Å². The number of anilines is 2. The van der Waals surface area contributed by atoms with Crippen LogP contribution in [0.2, 0.25) is 5.02 Å². The van der Waals surface area contributed by atoms with Crippen LogP contribution in [0.1, 0.15) is 32.4 Å². The molecule has 2 rings (SSSR count). The third-order valence-electron chi connectivity index (χ3n) is 4.17. The first-order valence-corrected chi connectivity index (χ1v) is 9.42. The number of carbonyl (C=O) groups is 2. The van der Waals surface area contributed by atoms with E-state index in [9.17, 15) is 9.59 Å². The Kier molecular flexibility index (Phi) is 7.84. The van der Waals surface area contributed by atoms with Gasteiger partial charge >= 0.3 is 0 Å². The number of ether oxygens (including phenoxy) is 1. The zero-order chi connectivity index (χ0) is 20.7. The molecule has 1 atom stereocenters. The standard InChI is InChI=1S/C21H26ClN3O3/c1-13(2)21(15-5-7-16(22)8-6-15)23-12-20(27)25-18-11-17(24-14(3)26)9-10-19(18)28-4/h5-11,13,21,23H,12H2,1-4H3,(H,24,26)(H,25,27)/t21-/m0/s1. The van der Waals surface area contributed by atoms with Gasteiger partial charge in [-0.15, -0.1) is 0 Å². The summed E-state index contributed by atoms with van der Waals surface area (Å²) in [6, 6.07) is 12.7. The fraction of sp³-hybridized carbons (Fsp3) is 0.333. The smallest absolute Gasteiger partial charge is 0.238 e. The first kappa shape index (κ1) is 21.7. The molecule has 0 saturated carbocycles. The SMILES string of the molecule is COc1ccc(NC(C)=O)cc1NC(=O)CN[C@H](c1ccc(Cl)cc1)C(C)C. The molecule has 0 aromatic heterocycles. The van der Waals surface area contributed by atoms with Gasteiger partial charge in [-0.1, -0.05) is 37.6 Å². The van der Waals surface area contributed by atoms with E-state index in [0.717, 1.165) is 5.56 Å². The monoisotopic (exact) mass is 403 g/mol. The second-order valence-electron chi connectivity index (χ2n) is 6.80. The van der Waals surface area contributed by atoms with Crippen molar-refractivity contribution in [2.45, 2.75) is 26.8 Å². The normalized spacial score (nSPS) is 11.8. The van der Waals surface area contributed by atoms with Crippen molar-refractivity contribution >= 4 is 34.8 Å². The van der Waals surface area contributed by atoms with E-state index in [-0.39, 0.29) is 30.3 Å². The average Bonchev–Trinajstić information content (AvgIpc) is 2.63. The van der Waals surface area contributed by atoms with Crippen LogP contribution in [0.4, 0.5) is 11.4 Å². The van der Waals surface area contributed by atoms with Crippen LogP contribution in [0, 0.1) is 5.92 Å². The van der Waals surface area contributed by atoms with Gasteiger partial charge in [0.05, 0.1) is 19.3 Å². The molecule has 0 aliphatic rings. The van der Waals surface area contributed by atoms with Gasteiger partial charge in [-0.25, -0.2) is 0 Å². The summed E-state index contributed by atoms with van der Waals surface area (Å²) in [6.07, 6.45) is 0. The summed E-state index contributed by atoms with van der Waals surface area (Å²) < 4.78 is 5.29. The van der Waals surface area contributed by atoms with E-state index in [1.165, 1.54) is 14.0 Å². The summed E-state index contributed by atoms with van der Waals surface area (Å²) in [5.41, 5.74) is 2.14. The number of halogens is 1. The average molecular weight is 404 g/mol. The summed E-state index contributed by atoms with van der Waals surface area (Å²) in [7, 11) is 1.52. The van der Waals surface area contributed by atoms with Crippen molar-refractivity contribution in [3.05, 3.63) is 53.1 Å². The Labute approximate surface area is 170 Å². The molecule has 28 heavy (non-hydrogen) atoms. The maximum absolute atomic E-state index is 12.5. The van der Waals surface area contributed by atoms with Crippen LogP contribution in [-0.4, -0.2) is 25.5 Å². The third kappa shape index (κ3) is 6.25. The van der Waals surface area contributed by atoms with E-state index in [0.29, 0.717) is 22.1 Å². The molecular weight excluding hydrogens is 378 g/mol. The van der Waals surface area contributed by atoms with Crippen LogP contribution in [0.25, 0.3) is 0 Å². The Hall–Kier alpha value is -2.57. The van der Waals surface area contributed by atoms with Crippen LogP contribution < -0.4 is 20.7 Å². The molecule has 0 fully saturated rings. The van der Waals surface area contributed by atoms with Crippen molar-refractivity contribution in [2.24, 2.45) is 5.92 Å². The Morgan fingerprint density at radius 1 is 1.07 bits per heavy atom. The van der Waals surface area contributed by atoms with Crippen molar-refractivity contribution in [3.63, 3.8) is 0 Å². The minimum absolute atomic E-state index is 0.00984. The lowest BCUT2D eigenvalue weighted by Crippen LogP contribution is -2.33. The molecular formula is C21H26ClN3O3. The topological polar surface area (TPSA) is 79.5 Å². The van der Waals surface area contributed by atoms with Crippen molar-refractivity contribution in [1.82, 2.24) is 5.32 Å². The highest BCUT2D eigenvalue weighted by Gasteiger charge is 2.17. The fourth-order valence-corrected chi connectivity index (χ4v) is 3.02. The predicted octanol–water partition coefficient (Wildman–Crippen LogP) is 4.23. The van der Waals surface area contributed by atoms with E-state index in [1.54, 1.807) is 18.2 Å². The maximum Gasteiger partial charge on any atom is 0.238 e. The number of hydrogen-bond donors (Lipinski definition) is 3. The van der Waals surface area contributed by atoms with Crippen molar-refractivity contribution < 1.29 is 14.3 Å². The number of rotatable bonds is 8. The second kappa shape index (κ2) is 10.1. The molecule has 2 aromatic rings. The quantitative estimate of drug-likeness (QED) is 0.616. The van der Waals surface area contributed by atoms with Gasteiger partial charge in [0.15, 0.2) is 0 Å². The zero-order valence-electron chi connectivity index (χ0n) is 16.5. The van der Waals surface area contributed by atoms with Gasteiger partial charge in [0.1, 0.15) is 5.75 Å². The number of methoxy groups -OCH3 is 1. The van der Waals surface area contributed by atoms with Gasteiger partial charge in [0.2, 0.25) is 11.8 Å². The van der Waals surface area contributed by atoms with Crippen molar-refractivity contribution in [3.8, 4) is 5.75 Å². The van der Waals surface area contributed by atoms with Gasteiger partial charge in [0.25, 0.3) is 0 Å². The first-order valence-electron chi connectivity index (χ1n) is 9.04. The Morgan fingerprint density at radius 3 is 2.32 bits per heavy atom. The molecule has 7 heteroatoms. The second-order valence-corrected chi connectivity index (χ2v) is 7.24. The molecule has 0 heterocycles. The molecule has 0 bridgehead atoms. The van der Waals surface area contributed by atoms with Crippen LogP contribution in [-0.2, 0) is 9.59 Å². The Morgan fingerprint density at radius 2 is 1.75 bits per heavy atom. The highest BCUT2D eigenvalue weighted by atomic mass is 35.5. The maximum atomic E-state index is 12.5. The molecule has 0 aliphatic carbocycles.